The van der Waals surface area contributed by atoms with Gasteiger partial charge in [0.2, 0.25) is 0 Å². The minimum Gasteiger partial charge on any atom is -0.382 e. The smallest absolute Gasteiger partial charge is 0.106 e. The van der Waals surface area contributed by atoms with Gasteiger partial charge in [-0.1, -0.05) is 0 Å². The van der Waals surface area contributed by atoms with Gasteiger partial charge < -0.3 is 10.6 Å². The Hall–Kier alpha value is -0.610. The number of hydrogen-bond donors (Lipinski definition) is 2. The molecule has 1 unspecified atom stereocenters. The van der Waals surface area contributed by atoms with E-state index >= 15 is 0 Å². The molecule has 82 valence electrons. The van der Waals surface area contributed by atoms with Crippen LogP contribution in [0.25, 0.3) is 0 Å². The number of pyridine rings is 1. The minimum absolute atomic E-state index is 0.619. The number of rotatable bonds is 3. The number of nitrogens with one attached hydrogen (secondary N) is 2. The molecule has 1 fully saturated rings. The first-order valence-corrected chi connectivity index (χ1v) is 6.15. The van der Waals surface area contributed by atoms with Crippen molar-refractivity contribution in [1.82, 2.24) is 10.3 Å². The van der Waals surface area contributed by atoms with E-state index < -0.39 is 0 Å². The Labute approximate surface area is 98.8 Å². The van der Waals surface area contributed by atoms with Gasteiger partial charge in [-0.05, 0) is 54.4 Å². The van der Waals surface area contributed by atoms with Crippen molar-refractivity contribution in [3.63, 3.8) is 0 Å². The van der Waals surface area contributed by atoms with Gasteiger partial charge in [0.05, 0.1) is 11.4 Å². The predicted octanol–water partition coefficient (Wildman–Crippen LogP) is 2.32. The number of aryl methyl sites for hydroxylation is 1. The Morgan fingerprint density at radius 3 is 3.13 bits per heavy atom. The molecule has 0 aliphatic carbocycles. The largest absolute Gasteiger partial charge is 0.382 e. The highest BCUT2D eigenvalue weighted by Gasteiger charge is 2.13. The molecular weight excluding hydrogens is 254 g/mol. The van der Waals surface area contributed by atoms with Crippen LogP contribution in [0.1, 0.15) is 18.5 Å². The summed E-state index contributed by atoms with van der Waals surface area (Å²) in [5.41, 5.74) is 2.18. The molecule has 0 spiro atoms. The molecule has 2 rings (SSSR count). The van der Waals surface area contributed by atoms with Crippen molar-refractivity contribution in [2.45, 2.75) is 25.8 Å². The zero-order valence-electron chi connectivity index (χ0n) is 8.89. The van der Waals surface area contributed by atoms with Crippen LogP contribution in [0.15, 0.2) is 16.7 Å². The molecule has 2 N–H and O–H groups in total. The van der Waals surface area contributed by atoms with Crippen molar-refractivity contribution >= 4 is 21.6 Å². The molecule has 0 bridgehead atoms. The molecule has 4 heteroatoms. The Kier molecular flexibility index (Phi) is 3.59. The zero-order chi connectivity index (χ0) is 10.7. The number of hydrogen-bond acceptors (Lipinski definition) is 3. The molecule has 1 aliphatic heterocycles. The molecule has 0 aromatic carbocycles. The van der Waals surface area contributed by atoms with Crippen molar-refractivity contribution in [1.29, 1.82) is 0 Å². The zero-order valence-corrected chi connectivity index (χ0v) is 10.5. The molecule has 3 nitrogen and oxygen atoms in total. The van der Waals surface area contributed by atoms with Crippen LogP contribution in [0.3, 0.4) is 0 Å². The van der Waals surface area contributed by atoms with Crippen molar-refractivity contribution < 1.29 is 0 Å². The van der Waals surface area contributed by atoms with E-state index in [2.05, 4.69) is 37.6 Å². The third-order valence-corrected chi connectivity index (χ3v) is 3.19. The van der Waals surface area contributed by atoms with E-state index in [-0.39, 0.29) is 0 Å². The van der Waals surface area contributed by atoms with Crippen LogP contribution in [-0.4, -0.2) is 24.1 Å². The Balaban J connectivity index is 1.92. The molecule has 1 aliphatic rings. The maximum Gasteiger partial charge on any atom is 0.106 e. The fourth-order valence-electron chi connectivity index (χ4n) is 1.88. The van der Waals surface area contributed by atoms with Gasteiger partial charge in [-0.2, -0.15) is 0 Å². The van der Waals surface area contributed by atoms with E-state index in [9.17, 15) is 0 Å². The Morgan fingerprint density at radius 2 is 2.47 bits per heavy atom. The molecule has 2 heterocycles. The minimum atomic E-state index is 0.619. The van der Waals surface area contributed by atoms with E-state index in [0.717, 1.165) is 29.1 Å². The lowest BCUT2D eigenvalue weighted by molar-refractivity contribution is 0.633. The number of halogens is 1. The Bertz CT molecular complexity index is 335. The van der Waals surface area contributed by atoms with E-state index in [0.29, 0.717) is 6.04 Å². The van der Waals surface area contributed by atoms with Gasteiger partial charge in [0.25, 0.3) is 0 Å². The highest BCUT2D eigenvalue weighted by molar-refractivity contribution is 9.10. The summed E-state index contributed by atoms with van der Waals surface area (Å²) in [6.45, 7) is 4.17. The Morgan fingerprint density at radius 1 is 1.60 bits per heavy atom. The van der Waals surface area contributed by atoms with Gasteiger partial charge >= 0.3 is 0 Å². The summed E-state index contributed by atoms with van der Waals surface area (Å²) in [5.74, 6) is 0. The lowest BCUT2D eigenvalue weighted by Gasteiger charge is -2.13. The highest BCUT2D eigenvalue weighted by Crippen LogP contribution is 2.16. The number of aromatic nitrogens is 1. The molecular formula is C11H16BrN3. The van der Waals surface area contributed by atoms with Gasteiger partial charge in [-0.3, -0.25) is 0 Å². The van der Waals surface area contributed by atoms with Crippen LogP contribution in [0.2, 0.25) is 0 Å². The summed E-state index contributed by atoms with van der Waals surface area (Å²) in [6.07, 6.45) is 2.57. The first-order valence-electron chi connectivity index (χ1n) is 5.36. The average Bonchev–Trinajstić information content (AvgIpc) is 2.69. The van der Waals surface area contributed by atoms with E-state index in [4.69, 9.17) is 0 Å². The lowest BCUT2D eigenvalue weighted by atomic mass is 10.2. The molecule has 0 saturated carbocycles. The van der Waals surface area contributed by atoms with Crippen LogP contribution >= 0.6 is 15.9 Å². The second-order valence-electron chi connectivity index (χ2n) is 3.94. The van der Waals surface area contributed by atoms with Crippen molar-refractivity contribution in [2.24, 2.45) is 0 Å². The van der Waals surface area contributed by atoms with Gasteiger partial charge in [0.1, 0.15) is 4.60 Å². The first kappa shape index (κ1) is 10.9. The summed E-state index contributed by atoms with van der Waals surface area (Å²) in [5, 5.41) is 6.90. The number of anilines is 1. The third-order valence-electron chi connectivity index (χ3n) is 2.75. The lowest BCUT2D eigenvalue weighted by Crippen LogP contribution is -2.29. The van der Waals surface area contributed by atoms with E-state index in [1.807, 2.05) is 13.0 Å². The standard InChI is InChI=1S/C11H16BrN3/c1-8-10(4-5-11(12)15-8)14-7-9-3-2-6-13-9/h4-5,9,13-14H,2-3,6-7H2,1H3. The van der Waals surface area contributed by atoms with Gasteiger partial charge in [0.15, 0.2) is 0 Å². The van der Waals surface area contributed by atoms with Crippen molar-refractivity contribution in [3.05, 3.63) is 22.4 Å². The second-order valence-corrected chi connectivity index (χ2v) is 4.75. The predicted molar refractivity (Wildman–Crippen MR) is 66.2 cm³/mol. The molecule has 1 aromatic rings. The van der Waals surface area contributed by atoms with Crippen molar-refractivity contribution in [3.8, 4) is 0 Å². The van der Waals surface area contributed by atoms with Gasteiger partial charge in [-0.25, -0.2) is 4.98 Å². The summed E-state index contributed by atoms with van der Waals surface area (Å²) < 4.78 is 0.893. The SMILES string of the molecule is Cc1nc(Br)ccc1NCC1CCCN1. The first-order chi connectivity index (χ1) is 7.25. The summed E-state index contributed by atoms with van der Waals surface area (Å²) in [7, 11) is 0. The summed E-state index contributed by atoms with van der Waals surface area (Å²) in [6, 6.07) is 4.66. The fourth-order valence-corrected chi connectivity index (χ4v) is 2.28. The average molecular weight is 270 g/mol. The van der Waals surface area contributed by atoms with E-state index in [1.54, 1.807) is 0 Å². The molecule has 1 aromatic heterocycles. The topological polar surface area (TPSA) is 37.0 Å². The summed E-state index contributed by atoms with van der Waals surface area (Å²) in [4.78, 5) is 4.35. The summed E-state index contributed by atoms with van der Waals surface area (Å²) >= 11 is 3.36. The quantitative estimate of drug-likeness (QED) is 0.828. The van der Waals surface area contributed by atoms with Gasteiger partial charge in [0, 0.05) is 12.6 Å². The normalized spacial score (nSPS) is 20.5. The highest BCUT2D eigenvalue weighted by atomic mass is 79.9. The van der Waals surface area contributed by atoms with Crippen molar-refractivity contribution in [2.75, 3.05) is 18.4 Å². The second kappa shape index (κ2) is 4.94. The number of nitrogens with zero attached hydrogens (tertiary/aromatic N) is 1. The third kappa shape index (κ3) is 2.92. The van der Waals surface area contributed by atoms with Crippen LogP contribution in [0.5, 0.6) is 0 Å². The maximum atomic E-state index is 4.35. The van der Waals surface area contributed by atoms with Gasteiger partial charge in [-0.15, -0.1) is 0 Å². The molecule has 1 saturated heterocycles. The molecule has 15 heavy (non-hydrogen) atoms. The van der Waals surface area contributed by atoms with Crippen LogP contribution < -0.4 is 10.6 Å². The molecule has 0 radical (unpaired) electrons. The van der Waals surface area contributed by atoms with Crippen LogP contribution in [-0.2, 0) is 0 Å². The molecule has 1 atom stereocenters. The van der Waals surface area contributed by atoms with E-state index in [1.165, 1.54) is 12.8 Å². The maximum absolute atomic E-state index is 4.35. The monoisotopic (exact) mass is 269 g/mol. The fraction of sp³-hybridized carbons (Fsp3) is 0.545. The molecule has 0 amide bonds. The van der Waals surface area contributed by atoms with Crippen LogP contribution in [0.4, 0.5) is 5.69 Å². The van der Waals surface area contributed by atoms with Crippen LogP contribution in [0, 0.1) is 6.92 Å².